The number of hydrogen-bond acceptors (Lipinski definition) is 2. The van der Waals surface area contributed by atoms with Crippen molar-refractivity contribution in [2.75, 3.05) is 6.54 Å². The molecular weight excluding hydrogens is 242 g/mol. The maximum Gasteiger partial charge on any atom is 0.306 e. The van der Waals surface area contributed by atoms with Crippen LogP contribution in [0.4, 0.5) is 0 Å². The van der Waals surface area contributed by atoms with Crippen molar-refractivity contribution in [3.05, 3.63) is 0 Å². The molecule has 1 amide bonds. The van der Waals surface area contributed by atoms with Gasteiger partial charge in [-0.25, -0.2) is 0 Å². The molecule has 2 rings (SSSR count). The van der Waals surface area contributed by atoms with Crippen LogP contribution < -0.4 is 0 Å². The highest BCUT2D eigenvalue weighted by atomic mass is 16.4. The largest absolute Gasteiger partial charge is 0.481 e. The molecule has 4 nitrogen and oxygen atoms in total. The number of carbonyl (C=O) groups excluding carboxylic acids is 1. The SMILES string of the molecule is CC(C)(C)C1CCCN1C(=O)[C@@H]1CC[C@H](C(=O)O)C1. The number of aliphatic carboxylic acids is 1. The molecule has 0 radical (unpaired) electrons. The van der Waals surface area contributed by atoms with E-state index >= 15 is 0 Å². The second-order valence-electron chi connectivity index (χ2n) is 7.10. The first-order valence-electron chi connectivity index (χ1n) is 7.34. The van der Waals surface area contributed by atoms with E-state index in [2.05, 4.69) is 20.8 Å². The van der Waals surface area contributed by atoms with Crippen LogP contribution in [0.2, 0.25) is 0 Å². The smallest absolute Gasteiger partial charge is 0.306 e. The minimum atomic E-state index is -0.746. The Bertz CT molecular complexity index is 372. The molecule has 3 atom stereocenters. The van der Waals surface area contributed by atoms with Crippen molar-refractivity contribution in [2.45, 2.75) is 58.9 Å². The lowest BCUT2D eigenvalue weighted by molar-refractivity contribution is -0.142. The van der Waals surface area contributed by atoms with Crippen LogP contribution in [0.15, 0.2) is 0 Å². The van der Waals surface area contributed by atoms with Gasteiger partial charge in [0.15, 0.2) is 0 Å². The molecule has 1 saturated heterocycles. The van der Waals surface area contributed by atoms with Gasteiger partial charge in [0.1, 0.15) is 0 Å². The molecule has 2 fully saturated rings. The third kappa shape index (κ3) is 2.93. The van der Waals surface area contributed by atoms with Gasteiger partial charge in [0.2, 0.25) is 5.91 Å². The highest BCUT2D eigenvalue weighted by Crippen LogP contribution is 2.37. The van der Waals surface area contributed by atoms with E-state index in [-0.39, 0.29) is 23.2 Å². The lowest BCUT2D eigenvalue weighted by Gasteiger charge is -2.36. The monoisotopic (exact) mass is 267 g/mol. The molecule has 1 N–H and O–H groups in total. The molecule has 4 heteroatoms. The fourth-order valence-corrected chi connectivity index (χ4v) is 3.60. The van der Waals surface area contributed by atoms with Crippen molar-refractivity contribution in [1.82, 2.24) is 4.90 Å². The Balaban J connectivity index is 2.02. The maximum absolute atomic E-state index is 12.6. The third-order valence-corrected chi connectivity index (χ3v) is 4.67. The zero-order valence-corrected chi connectivity index (χ0v) is 12.2. The third-order valence-electron chi connectivity index (χ3n) is 4.67. The summed E-state index contributed by atoms with van der Waals surface area (Å²) in [6, 6.07) is 0.309. The number of carbonyl (C=O) groups is 2. The second-order valence-corrected chi connectivity index (χ2v) is 7.10. The molecule has 1 saturated carbocycles. The van der Waals surface area contributed by atoms with Gasteiger partial charge in [-0.3, -0.25) is 9.59 Å². The number of rotatable bonds is 2. The molecule has 1 unspecified atom stereocenters. The number of carboxylic acid groups (broad SMARTS) is 1. The standard InChI is InChI=1S/C15H25NO3/c1-15(2,3)12-5-4-8-16(12)13(17)10-6-7-11(9-10)14(18)19/h10-12H,4-9H2,1-3H3,(H,18,19)/t10-,11+,12?/m1/s1. The molecule has 2 aliphatic rings. The highest BCUT2D eigenvalue weighted by molar-refractivity contribution is 5.81. The van der Waals surface area contributed by atoms with E-state index in [9.17, 15) is 9.59 Å². The Hall–Kier alpha value is -1.06. The zero-order valence-electron chi connectivity index (χ0n) is 12.2. The van der Waals surface area contributed by atoms with E-state index in [1.54, 1.807) is 0 Å². The van der Waals surface area contributed by atoms with E-state index in [1.807, 2.05) is 4.90 Å². The van der Waals surface area contributed by atoms with Gasteiger partial charge in [0.25, 0.3) is 0 Å². The Kier molecular flexibility index (Phi) is 3.88. The number of amides is 1. The minimum absolute atomic E-state index is 0.0657. The van der Waals surface area contributed by atoms with Gasteiger partial charge >= 0.3 is 5.97 Å². The van der Waals surface area contributed by atoms with Crippen LogP contribution in [-0.4, -0.2) is 34.5 Å². The van der Waals surface area contributed by atoms with Gasteiger partial charge in [-0.05, 0) is 37.5 Å². The van der Waals surface area contributed by atoms with Gasteiger partial charge in [-0.2, -0.15) is 0 Å². The van der Waals surface area contributed by atoms with E-state index in [0.29, 0.717) is 18.9 Å². The fourth-order valence-electron chi connectivity index (χ4n) is 3.60. The van der Waals surface area contributed by atoms with Gasteiger partial charge in [0.05, 0.1) is 5.92 Å². The summed E-state index contributed by atoms with van der Waals surface area (Å²) in [5.41, 5.74) is 0.108. The van der Waals surface area contributed by atoms with Crippen molar-refractivity contribution < 1.29 is 14.7 Å². The van der Waals surface area contributed by atoms with Crippen molar-refractivity contribution in [3.8, 4) is 0 Å². The molecule has 1 aliphatic heterocycles. The maximum atomic E-state index is 12.6. The second kappa shape index (κ2) is 5.14. The summed E-state index contributed by atoms with van der Waals surface area (Å²) >= 11 is 0. The first-order valence-corrected chi connectivity index (χ1v) is 7.34. The topological polar surface area (TPSA) is 57.6 Å². The van der Waals surface area contributed by atoms with Crippen LogP contribution in [0.25, 0.3) is 0 Å². The van der Waals surface area contributed by atoms with Crippen LogP contribution in [-0.2, 0) is 9.59 Å². The molecule has 19 heavy (non-hydrogen) atoms. The quantitative estimate of drug-likeness (QED) is 0.836. The number of carboxylic acids is 1. The Morgan fingerprint density at radius 1 is 1.11 bits per heavy atom. The highest BCUT2D eigenvalue weighted by Gasteiger charge is 2.42. The van der Waals surface area contributed by atoms with E-state index < -0.39 is 5.97 Å². The van der Waals surface area contributed by atoms with Gasteiger partial charge in [-0.15, -0.1) is 0 Å². The molecule has 0 aromatic heterocycles. The first kappa shape index (κ1) is 14.4. The van der Waals surface area contributed by atoms with Crippen molar-refractivity contribution >= 4 is 11.9 Å². The Morgan fingerprint density at radius 3 is 2.26 bits per heavy atom. The predicted molar refractivity (Wildman–Crippen MR) is 72.7 cm³/mol. The number of hydrogen-bond donors (Lipinski definition) is 1. The molecule has 0 aromatic carbocycles. The van der Waals surface area contributed by atoms with E-state index in [0.717, 1.165) is 25.8 Å². The summed E-state index contributed by atoms with van der Waals surface area (Å²) in [6.45, 7) is 7.38. The van der Waals surface area contributed by atoms with Crippen LogP contribution in [0, 0.1) is 17.3 Å². The molecule has 0 spiro atoms. The molecular formula is C15H25NO3. The summed E-state index contributed by atoms with van der Waals surface area (Å²) < 4.78 is 0. The summed E-state index contributed by atoms with van der Waals surface area (Å²) in [5, 5.41) is 9.03. The van der Waals surface area contributed by atoms with Crippen LogP contribution >= 0.6 is 0 Å². The van der Waals surface area contributed by atoms with Crippen molar-refractivity contribution in [3.63, 3.8) is 0 Å². The molecule has 0 aromatic rings. The Labute approximate surface area is 115 Å². The van der Waals surface area contributed by atoms with Crippen LogP contribution in [0.5, 0.6) is 0 Å². The van der Waals surface area contributed by atoms with Crippen molar-refractivity contribution in [2.24, 2.45) is 17.3 Å². The van der Waals surface area contributed by atoms with Gasteiger partial charge in [-0.1, -0.05) is 20.8 Å². The van der Waals surface area contributed by atoms with Crippen LogP contribution in [0.1, 0.15) is 52.9 Å². The fraction of sp³-hybridized carbons (Fsp3) is 0.867. The molecule has 0 bridgehead atoms. The summed E-state index contributed by atoms with van der Waals surface area (Å²) in [6.07, 6.45) is 4.07. The normalized spacial score (nSPS) is 31.7. The van der Waals surface area contributed by atoms with E-state index in [4.69, 9.17) is 5.11 Å². The summed E-state index contributed by atoms with van der Waals surface area (Å²) in [4.78, 5) is 25.6. The van der Waals surface area contributed by atoms with Gasteiger partial charge in [0, 0.05) is 18.5 Å². The molecule has 1 heterocycles. The summed E-state index contributed by atoms with van der Waals surface area (Å²) in [7, 11) is 0. The average molecular weight is 267 g/mol. The van der Waals surface area contributed by atoms with Crippen LogP contribution in [0.3, 0.4) is 0 Å². The minimum Gasteiger partial charge on any atom is -0.481 e. The predicted octanol–water partition coefficient (Wildman–Crippen LogP) is 2.52. The first-order chi connectivity index (χ1) is 8.80. The van der Waals surface area contributed by atoms with Gasteiger partial charge < -0.3 is 10.0 Å². The summed E-state index contributed by atoms with van der Waals surface area (Å²) in [5.74, 6) is -0.932. The average Bonchev–Trinajstić information content (AvgIpc) is 2.96. The number of nitrogens with zero attached hydrogens (tertiary/aromatic N) is 1. The lowest BCUT2D eigenvalue weighted by atomic mass is 9.84. The van der Waals surface area contributed by atoms with Crippen molar-refractivity contribution in [1.29, 1.82) is 0 Å². The number of likely N-dealkylation sites (tertiary alicyclic amines) is 1. The Morgan fingerprint density at radius 2 is 1.74 bits per heavy atom. The van der Waals surface area contributed by atoms with E-state index in [1.165, 1.54) is 0 Å². The lowest BCUT2D eigenvalue weighted by Crippen LogP contribution is -2.45. The molecule has 1 aliphatic carbocycles. The molecule has 108 valence electrons. The zero-order chi connectivity index (χ0) is 14.2.